The van der Waals surface area contributed by atoms with Gasteiger partial charge in [-0.05, 0) is 144 Å². The number of aromatic amines is 2. The second-order valence-electron chi connectivity index (χ2n) is 24.5. The molecule has 83 heavy (non-hydrogen) atoms. The number of carbonyl (C=O) groups excluding carboxylic acids is 4. The number of H-pyrrole nitrogens is 2. The molecule has 2 saturated carbocycles. The molecule has 4 N–H and O–H groups in total. The van der Waals surface area contributed by atoms with E-state index in [9.17, 15) is 19.2 Å². The fourth-order valence-electron chi connectivity index (χ4n) is 16.1. The average Bonchev–Trinajstić information content (AvgIpc) is 2.49. The molecule has 0 bridgehead atoms. The molecule has 13 rings (SSSR count). The summed E-state index contributed by atoms with van der Waals surface area (Å²) in [6, 6.07) is 4.11. The number of benzene rings is 3. The van der Waals surface area contributed by atoms with Crippen LogP contribution in [0.1, 0.15) is 156 Å². The third kappa shape index (κ3) is 10.3. The topological polar surface area (TPSA) is 200 Å². The van der Waals surface area contributed by atoms with Crippen molar-refractivity contribution in [1.29, 1.82) is 0 Å². The molecule has 2 aromatic heterocycles. The maximum Gasteiger partial charge on any atom is 0.407 e. The SMILES string of the molecule is COC(=O)NC(C(=O)N1[C@H](c2nc3cc(F)c([C@H]4CC[C@H](c5cc6[nH]c([C@@H]7C[C@@H]8CCC[C@@H]8N7C(=O)[C@@H](NC(=O)OC)C7CCOCC7)nc6cc5F)N4c4cc(F)c(N5CCCCC5)c(F)c4)cc3[nH]2)C[C@@H]2CCC[C@@H]21)C1CCOCC1. The minimum atomic E-state index is -0.848. The summed E-state index contributed by atoms with van der Waals surface area (Å²) in [6.07, 6.45) is 10.7. The Balaban J connectivity index is 0.848. The van der Waals surface area contributed by atoms with Crippen molar-refractivity contribution >= 4 is 57.4 Å². The Labute approximate surface area is 479 Å². The summed E-state index contributed by atoms with van der Waals surface area (Å²) in [7, 11) is 2.55. The van der Waals surface area contributed by atoms with Gasteiger partial charge >= 0.3 is 12.2 Å². The van der Waals surface area contributed by atoms with Crippen LogP contribution in [0.2, 0.25) is 0 Å². The van der Waals surface area contributed by atoms with Crippen LogP contribution < -0.4 is 20.4 Å². The van der Waals surface area contributed by atoms with E-state index in [1.807, 2.05) is 9.80 Å². The molecule has 1 unspecified atom stereocenters. The number of nitrogens with zero attached hydrogens (tertiary/aromatic N) is 6. The zero-order valence-corrected chi connectivity index (χ0v) is 47.1. The summed E-state index contributed by atoms with van der Waals surface area (Å²) >= 11 is 0. The standard InChI is InChI=1S/C61H74F4N10O8/c1-80-60(78)70-53(32-14-20-82-21-15-32)58(76)74-47-10-6-8-34(47)24-51(74)56-66-43-28-37(39(62)30-45(43)68-56)49-12-13-50(73(49)36-26-41(64)55(42(65)27-36)72-18-4-3-5-19-72)38-29-44-46(31-40(38)63)69-57(67-44)52-25-35-9-7-11-48(35)75(52)59(77)54(71-61(79)81-2)33-16-22-83-23-17-33/h26-35,47-54H,3-25H2,1-2H3,(H,66,68)(H,67,69)(H,70,78)(H,71,79)/t34-,35-,47-,48-,49+,50+,51-,52-,53-,54?/m0/s1. The van der Waals surface area contributed by atoms with Crippen LogP contribution in [0.3, 0.4) is 0 Å². The van der Waals surface area contributed by atoms with Crippen molar-refractivity contribution < 1.29 is 55.7 Å². The summed E-state index contributed by atoms with van der Waals surface area (Å²) in [5, 5.41) is 5.71. The zero-order chi connectivity index (χ0) is 57.2. The second kappa shape index (κ2) is 23.1. The highest BCUT2D eigenvalue weighted by atomic mass is 19.1. The number of hydrogen-bond donors (Lipinski definition) is 4. The van der Waals surface area contributed by atoms with Crippen LogP contribution in [0.15, 0.2) is 36.4 Å². The van der Waals surface area contributed by atoms with E-state index < -0.39 is 71.7 Å². The molecule has 5 aromatic rings. The van der Waals surface area contributed by atoms with Crippen molar-refractivity contribution in [3.05, 3.63) is 82.4 Å². The van der Waals surface area contributed by atoms with E-state index in [2.05, 4.69) is 20.6 Å². The molecule has 6 saturated heterocycles. The molecular formula is C61H74F4N10O8. The van der Waals surface area contributed by atoms with Crippen LogP contribution in [0.4, 0.5) is 38.5 Å². The average molecular weight is 1150 g/mol. The number of carbonyl (C=O) groups is 4. The zero-order valence-electron chi connectivity index (χ0n) is 47.1. The lowest BCUT2D eigenvalue weighted by molar-refractivity contribution is -0.140. The first-order valence-electron chi connectivity index (χ1n) is 30.2. The number of ether oxygens (including phenoxy) is 4. The lowest BCUT2D eigenvalue weighted by Gasteiger charge is -2.36. The first-order valence-corrected chi connectivity index (χ1v) is 30.2. The number of alkyl carbamates (subject to hydrolysis) is 2. The van der Waals surface area contributed by atoms with Gasteiger partial charge in [-0.2, -0.15) is 0 Å². The predicted molar refractivity (Wildman–Crippen MR) is 298 cm³/mol. The Morgan fingerprint density at radius 2 is 1.00 bits per heavy atom. The third-order valence-electron chi connectivity index (χ3n) is 20.1. The summed E-state index contributed by atoms with van der Waals surface area (Å²) in [6.45, 7) is 2.87. The summed E-state index contributed by atoms with van der Waals surface area (Å²) in [5.41, 5.74) is 2.10. The summed E-state index contributed by atoms with van der Waals surface area (Å²) in [4.78, 5) is 79.5. The number of halogens is 4. The molecule has 22 heteroatoms. The fourth-order valence-corrected chi connectivity index (χ4v) is 16.1. The van der Waals surface area contributed by atoms with Crippen LogP contribution in [0.25, 0.3) is 22.1 Å². The Morgan fingerprint density at radius 1 is 0.554 bits per heavy atom. The fraction of sp³-hybridized carbons (Fsp3) is 0.607. The van der Waals surface area contributed by atoms with Crippen molar-refractivity contribution in [3.8, 4) is 0 Å². The van der Waals surface area contributed by atoms with Gasteiger partial charge in [-0.15, -0.1) is 0 Å². The van der Waals surface area contributed by atoms with E-state index in [4.69, 9.17) is 28.9 Å². The maximum atomic E-state index is 17.2. The molecule has 0 spiro atoms. The number of methoxy groups -OCH3 is 2. The Kier molecular flexibility index (Phi) is 15.4. The lowest BCUT2D eigenvalue weighted by Crippen LogP contribution is -2.55. The number of piperidine rings is 1. The number of likely N-dealkylation sites (tertiary alicyclic amines) is 2. The number of nitrogens with one attached hydrogen (secondary N) is 4. The van der Waals surface area contributed by atoms with E-state index in [0.717, 1.165) is 57.8 Å². The first kappa shape index (κ1) is 55.5. The van der Waals surface area contributed by atoms with Crippen molar-refractivity contribution in [2.45, 2.75) is 157 Å². The molecule has 4 amide bonds. The minimum absolute atomic E-state index is 0.0769. The molecule has 6 aliphatic heterocycles. The van der Waals surface area contributed by atoms with Gasteiger partial charge < -0.3 is 59.1 Å². The van der Waals surface area contributed by atoms with Crippen molar-refractivity contribution in [1.82, 2.24) is 40.4 Å². The maximum absolute atomic E-state index is 17.2. The summed E-state index contributed by atoms with van der Waals surface area (Å²) < 4.78 is 89.1. The third-order valence-corrected chi connectivity index (χ3v) is 20.1. The highest BCUT2D eigenvalue weighted by Gasteiger charge is 2.52. The van der Waals surface area contributed by atoms with Crippen molar-refractivity contribution in [2.24, 2.45) is 23.7 Å². The van der Waals surface area contributed by atoms with Crippen LogP contribution >= 0.6 is 0 Å². The lowest BCUT2D eigenvalue weighted by atomic mass is 9.90. The highest BCUT2D eigenvalue weighted by molar-refractivity contribution is 5.88. The number of aromatic nitrogens is 4. The second-order valence-corrected chi connectivity index (χ2v) is 24.5. The van der Waals surface area contributed by atoms with Crippen LogP contribution in [0.5, 0.6) is 0 Å². The number of fused-ring (bicyclic) bond motifs is 4. The number of anilines is 2. The van der Waals surface area contributed by atoms with Crippen LogP contribution in [0, 0.1) is 46.9 Å². The van der Waals surface area contributed by atoms with Gasteiger partial charge in [-0.25, -0.2) is 37.1 Å². The van der Waals surface area contributed by atoms with Gasteiger partial charge in [0.15, 0.2) is 11.6 Å². The largest absolute Gasteiger partial charge is 0.453 e. The van der Waals surface area contributed by atoms with Gasteiger partial charge in [0.1, 0.15) is 41.1 Å². The van der Waals surface area contributed by atoms with E-state index in [0.29, 0.717) is 112 Å². The highest BCUT2D eigenvalue weighted by Crippen LogP contribution is 2.53. The van der Waals surface area contributed by atoms with Gasteiger partial charge in [-0.3, -0.25) is 9.59 Å². The molecule has 8 fully saturated rings. The van der Waals surface area contributed by atoms with Crippen LogP contribution in [-0.4, -0.2) is 132 Å². The molecule has 3 aromatic carbocycles. The molecule has 10 atom stereocenters. The normalized spacial score (nSPS) is 27.5. The van der Waals surface area contributed by atoms with Gasteiger partial charge in [0, 0.05) is 80.5 Å². The smallest absolute Gasteiger partial charge is 0.407 e. The molecule has 444 valence electrons. The Bertz CT molecular complexity index is 3070. The molecule has 18 nitrogen and oxygen atoms in total. The van der Waals surface area contributed by atoms with Crippen LogP contribution in [-0.2, 0) is 28.5 Å². The molecular weight excluding hydrogens is 1080 g/mol. The van der Waals surface area contributed by atoms with Gasteiger partial charge in [0.05, 0.1) is 60.5 Å². The molecule has 8 aliphatic rings. The monoisotopic (exact) mass is 1150 g/mol. The quantitative estimate of drug-likeness (QED) is 0.0864. The Morgan fingerprint density at radius 3 is 1.43 bits per heavy atom. The predicted octanol–water partition coefficient (Wildman–Crippen LogP) is 10.3. The molecule has 2 aliphatic carbocycles. The van der Waals surface area contributed by atoms with E-state index in [1.54, 1.807) is 21.9 Å². The number of hydrogen-bond acceptors (Lipinski definition) is 12. The number of imidazole rings is 2. The van der Waals surface area contributed by atoms with Gasteiger partial charge in [0.2, 0.25) is 11.8 Å². The summed E-state index contributed by atoms with van der Waals surface area (Å²) in [5.74, 6) is -2.13. The van der Waals surface area contributed by atoms with Gasteiger partial charge in [-0.1, -0.05) is 12.8 Å². The van der Waals surface area contributed by atoms with E-state index >= 15 is 17.6 Å². The Hall–Kier alpha value is -6.68. The van der Waals surface area contributed by atoms with Crippen molar-refractivity contribution in [2.75, 3.05) is 63.5 Å². The van der Waals surface area contributed by atoms with E-state index in [1.165, 1.54) is 38.5 Å². The first-order chi connectivity index (χ1) is 40.3. The van der Waals surface area contributed by atoms with Crippen molar-refractivity contribution in [3.63, 3.8) is 0 Å². The number of rotatable bonds is 12. The number of amides is 4. The molecule has 0 radical (unpaired) electrons. The van der Waals surface area contributed by atoms with E-state index in [-0.39, 0.29) is 82.9 Å². The molecule has 8 heterocycles. The minimum Gasteiger partial charge on any atom is -0.453 e. The van der Waals surface area contributed by atoms with Gasteiger partial charge in [0.25, 0.3) is 0 Å².